The first-order valence-corrected chi connectivity index (χ1v) is 30.5. The molecule has 3 fully saturated rings. The van der Waals surface area contributed by atoms with Crippen LogP contribution in [0.15, 0.2) is 33.5 Å². The standard InChI is InChI=1S/C24H51OP.C18H33OP.C11H5F3O4.Eu/c1-4-7-10-13-16-19-22-26(25,23-20-17-14-11-8-5-2)24-21-18-15-12-9-6-3;19-20(16-10-4-1-5-11-16,17-12-6-2-7-13-17)18-14-8-3-9-15-18;12-11(13,14)9(16)7-8(15)5-3-1-2-4-6(5)18-10(7)17;/h4-24H2,1-3H3;16-18H,1-15H2;1-4,15H;. The molecule has 1 aromatic carbocycles. The number of rotatable bonds is 25. The molecule has 2 aromatic rings. The third kappa shape index (κ3) is 21.7. The van der Waals surface area contributed by atoms with Gasteiger partial charge in [0, 0.05) is 84.8 Å². The number of benzene rings is 1. The number of hydrogen-bond donors (Lipinski definition) is 1. The van der Waals surface area contributed by atoms with Crippen molar-refractivity contribution in [2.75, 3.05) is 18.5 Å². The van der Waals surface area contributed by atoms with E-state index in [2.05, 4.69) is 25.2 Å². The number of carbonyl (C=O) groups is 1. The molecule has 1 N–H and O–H groups in total. The summed E-state index contributed by atoms with van der Waals surface area (Å²) in [7, 11) is -3.83. The Morgan fingerprint density at radius 3 is 1.28 bits per heavy atom. The maximum Gasteiger partial charge on any atom is 0.455 e. The first-order chi connectivity index (χ1) is 30.8. The third-order valence-corrected chi connectivity index (χ3v) is 22.8. The molecule has 375 valence electrons. The molecule has 0 unspecified atom stereocenters. The predicted molar refractivity (Wildman–Crippen MR) is 265 cm³/mol. The predicted octanol–water partition coefficient (Wildman–Crippen LogP) is 18.0. The summed E-state index contributed by atoms with van der Waals surface area (Å²) in [6, 6.07) is 5.42. The van der Waals surface area contributed by atoms with Gasteiger partial charge in [0.25, 0.3) is 5.78 Å². The molecule has 1 aromatic heterocycles. The zero-order valence-electron chi connectivity index (χ0n) is 40.9. The first-order valence-electron chi connectivity index (χ1n) is 26.3. The van der Waals surface area contributed by atoms with Crippen molar-refractivity contribution in [2.24, 2.45) is 0 Å². The van der Waals surface area contributed by atoms with E-state index in [9.17, 15) is 37.0 Å². The molecule has 12 heteroatoms. The Morgan fingerprint density at radius 2 is 0.923 bits per heavy atom. The van der Waals surface area contributed by atoms with E-state index in [1.54, 1.807) is 0 Å². The third-order valence-electron chi connectivity index (χ3n) is 14.5. The second kappa shape index (κ2) is 34.1. The van der Waals surface area contributed by atoms with Crippen LogP contribution in [0.4, 0.5) is 13.2 Å². The van der Waals surface area contributed by atoms with Gasteiger partial charge < -0.3 is 18.7 Å². The van der Waals surface area contributed by atoms with Gasteiger partial charge in [0.1, 0.15) is 11.3 Å². The molecular formula is C53H89EuF3O6P2. The van der Waals surface area contributed by atoms with Gasteiger partial charge in [0.05, 0.1) is 19.7 Å². The molecule has 3 aliphatic carbocycles. The summed E-state index contributed by atoms with van der Waals surface area (Å²) >= 11 is 0. The van der Waals surface area contributed by atoms with Crippen LogP contribution in [0.5, 0.6) is 5.75 Å². The number of aromatic hydroxyl groups is 1. The van der Waals surface area contributed by atoms with Crippen LogP contribution in [0.2, 0.25) is 0 Å². The SMILES string of the molecule is CCCCCCCCP(=O)(CCCCCCCC)CCCCCCCC.O=C(c1c(O)c2ccccc2oc1=O)C(F)(F)F.O=P(C1CCCCC1)(C1CCCCC1)C1CCCCC1.[Eu]. The van der Waals surface area contributed by atoms with Gasteiger partial charge in [-0.25, -0.2) is 4.79 Å². The Hall–Kier alpha value is -0.266. The zero-order valence-corrected chi connectivity index (χ0v) is 45.1. The van der Waals surface area contributed by atoms with Crippen LogP contribution in [-0.4, -0.2) is 52.5 Å². The van der Waals surface area contributed by atoms with Gasteiger partial charge in [0.15, 0.2) is 5.56 Å². The number of carbonyl (C=O) groups excluding carboxylic acids is 1. The molecule has 6 nitrogen and oxygen atoms in total. The van der Waals surface area contributed by atoms with Crippen molar-refractivity contribution >= 4 is 31.0 Å². The smallest absolute Gasteiger partial charge is 0.455 e. The van der Waals surface area contributed by atoms with Gasteiger partial charge in [-0.2, -0.15) is 13.2 Å². The molecule has 65 heavy (non-hydrogen) atoms. The largest absolute Gasteiger partial charge is 0.506 e. The second-order valence-corrected chi connectivity index (χ2v) is 26.8. The van der Waals surface area contributed by atoms with Gasteiger partial charge in [-0.1, -0.05) is 187 Å². The number of fused-ring (bicyclic) bond motifs is 1. The molecule has 0 saturated heterocycles. The monoisotopic (exact) mass is 1090 g/mol. The fourth-order valence-corrected chi connectivity index (χ4v) is 19.1. The van der Waals surface area contributed by atoms with E-state index in [4.69, 9.17) is 0 Å². The number of unbranched alkanes of at least 4 members (excludes halogenated alkanes) is 15. The molecular weight excluding hydrogens is 1000 g/mol. The van der Waals surface area contributed by atoms with Crippen LogP contribution >= 0.6 is 14.3 Å². The Balaban J connectivity index is 0.000000338. The Kier molecular flexibility index (Phi) is 31.9. The fourth-order valence-electron chi connectivity index (χ4n) is 10.7. The van der Waals surface area contributed by atoms with E-state index in [0.29, 0.717) is 17.0 Å². The summed E-state index contributed by atoms with van der Waals surface area (Å²) in [6.07, 6.45) is 41.7. The van der Waals surface area contributed by atoms with E-state index in [-0.39, 0.29) is 60.3 Å². The van der Waals surface area contributed by atoms with Crippen LogP contribution in [0, 0.1) is 49.4 Å². The maximum absolute atomic E-state index is 14.3. The minimum atomic E-state index is -5.26. The molecule has 0 atom stereocenters. The van der Waals surface area contributed by atoms with E-state index in [1.165, 1.54) is 236 Å². The molecule has 5 rings (SSSR count). The number of halogens is 3. The van der Waals surface area contributed by atoms with E-state index < -0.39 is 43.2 Å². The summed E-state index contributed by atoms with van der Waals surface area (Å²) in [5.41, 5.74) is -1.14. The van der Waals surface area contributed by atoms with E-state index >= 15 is 0 Å². The van der Waals surface area contributed by atoms with Crippen molar-refractivity contribution in [3.8, 4) is 5.75 Å². The Morgan fingerprint density at radius 1 is 0.585 bits per heavy atom. The Labute approximate surface area is 433 Å². The van der Waals surface area contributed by atoms with Crippen LogP contribution in [0.25, 0.3) is 11.0 Å². The summed E-state index contributed by atoms with van der Waals surface area (Å²) < 4.78 is 69.1. The van der Waals surface area contributed by atoms with Crippen LogP contribution in [0.3, 0.4) is 0 Å². The van der Waals surface area contributed by atoms with E-state index in [0.717, 1.165) is 18.5 Å². The maximum atomic E-state index is 14.3. The molecule has 1 radical (unpaired) electrons. The number of alkyl halides is 3. The molecule has 0 aliphatic heterocycles. The molecule has 3 saturated carbocycles. The van der Waals surface area contributed by atoms with Crippen molar-refractivity contribution < 1.29 is 86.0 Å². The van der Waals surface area contributed by atoms with E-state index in [1.807, 2.05) is 0 Å². The molecule has 0 spiro atoms. The van der Waals surface area contributed by atoms with Crippen molar-refractivity contribution in [1.29, 1.82) is 0 Å². The number of Topliss-reactive ketones (excluding diaryl/α,β-unsaturated/α-hetero) is 1. The normalized spacial score (nSPS) is 16.8. The van der Waals surface area contributed by atoms with Gasteiger partial charge in [-0.3, -0.25) is 4.79 Å². The summed E-state index contributed by atoms with van der Waals surface area (Å²) in [5, 5.41) is 9.45. The first kappa shape index (κ1) is 60.9. The van der Waals surface area contributed by atoms with Crippen LogP contribution in [0.1, 0.15) is 243 Å². The average Bonchev–Trinajstić information content (AvgIpc) is 3.30. The van der Waals surface area contributed by atoms with Crippen molar-refractivity contribution in [3.63, 3.8) is 0 Å². The molecule has 0 amide bonds. The minimum Gasteiger partial charge on any atom is -0.506 e. The quantitative estimate of drug-likeness (QED) is 0.0460. The van der Waals surface area contributed by atoms with Crippen LogP contribution < -0.4 is 5.63 Å². The minimum absolute atomic E-state index is 0. The van der Waals surface area contributed by atoms with Gasteiger partial charge >= 0.3 is 11.8 Å². The summed E-state index contributed by atoms with van der Waals surface area (Å²) in [5.74, 6) is -3.45. The van der Waals surface area contributed by atoms with Gasteiger partial charge in [-0.05, 0) is 69.9 Å². The van der Waals surface area contributed by atoms with Gasteiger partial charge in [-0.15, -0.1) is 0 Å². The Bertz CT molecular complexity index is 1630. The fraction of sp³-hybridized carbons (Fsp3) is 0.811. The second-order valence-electron chi connectivity index (χ2n) is 19.6. The summed E-state index contributed by atoms with van der Waals surface area (Å²) in [6.45, 7) is 6.82. The van der Waals surface area contributed by atoms with Crippen molar-refractivity contribution in [1.82, 2.24) is 0 Å². The number of ketones is 1. The van der Waals surface area contributed by atoms with Crippen molar-refractivity contribution in [3.05, 3.63) is 40.2 Å². The van der Waals surface area contributed by atoms with Crippen molar-refractivity contribution in [2.45, 2.75) is 256 Å². The molecule has 1 heterocycles. The van der Waals surface area contributed by atoms with Crippen LogP contribution in [-0.2, 0) is 9.13 Å². The molecule has 3 aliphatic rings. The molecule has 0 bridgehead atoms. The average molecular weight is 1090 g/mol. The number of para-hydroxylation sites is 1. The topological polar surface area (TPSA) is 102 Å². The zero-order chi connectivity index (χ0) is 46.7. The number of hydrogen-bond acceptors (Lipinski definition) is 6. The van der Waals surface area contributed by atoms with Gasteiger partial charge in [0.2, 0.25) is 0 Å². The summed E-state index contributed by atoms with van der Waals surface area (Å²) in [4.78, 5) is 22.3.